The number of rotatable bonds is 6. The lowest BCUT2D eigenvalue weighted by atomic mass is 9.94. The molecule has 12 aliphatic rings. The second-order valence-electron chi connectivity index (χ2n) is 17.5. The minimum atomic E-state index is -0.223. The van der Waals surface area contributed by atoms with E-state index in [0.29, 0.717) is 23.7 Å². The van der Waals surface area contributed by atoms with Gasteiger partial charge in [-0.15, -0.1) is 0 Å². The molecular weight excluding hydrogens is 841 g/mol. The minimum Gasteiger partial charge on any atom is -0.469 e. The van der Waals surface area contributed by atoms with Crippen molar-refractivity contribution in [3.63, 3.8) is 0 Å². The zero-order chi connectivity index (χ0) is 47.1. The summed E-state index contributed by atoms with van der Waals surface area (Å²) in [6, 6.07) is 0. The van der Waals surface area contributed by atoms with E-state index in [1.54, 1.807) is 0 Å². The summed E-state index contributed by atoms with van der Waals surface area (Å²) in [4.78, 5) is 66.5. The van der Waals surface area contributed by atoms with Crippen molar-refractivity contribution in [2.24, 2.45) is 35.5 Å². The van der Waals surface area contributed by atoms with Gasteiger partial charge < -0.3 is 28.4 Å². The van der Waals surface area contributed by atoms with E-state index in [1.807, 2.05) is 72.9 Å². The van der Waals surface area contributed by atoms with Crippen LogP contribution in [-0.2, 0) is 57.2 Å². The van der Waals surface area contributed by atoms with Gasteiger partial charge in [-0.1, -0.05) is 72.9 Å². The molecule has 0 amide bonds. The van der Waals surface area contributed by atoms with Crippen molar-refractivity contribution in [2.75, 3.05) is 42.7 Å². The van der Waals surface area contributed by atoms with E-state index in [0.717, 1.165) is 83.1 Å². The van der Waals surface area contributed by atoms with E-state index in [4.69, 9.17) is 9.47 Å². The molecule has 6 unspecified atom stereocenters. The maximum atomic E-state index is 11.1. The number of methoxy groups -OCH3 is 6. The highest BCUT2D eigenvalue weighted by Crippen LogP contribution is 2.45. The summed E-state index contributed by atoms with van der Waals surface area (Å²) in [6.45, 7) is 0. The zero-order valence-corrected chi connectivity index (χ0v) is 38.3. The van der Waals surface area contributed by atoms with Crippen LogP contribution >= 0.6 is 0 Å². The lowest BCUT2D eigenvalue weighted by molar-refractivity contribution is -0.147. The molecule has 0 aromatic rings. The molecule has 12 aliphatic carbocycles. The first-order valence-electron chi connectivity index (χ1n) is 22.2. The summed E-state index contributed by atoms with van der Waals surface area (Å²) in [7, 11) is 8.57. The number of allylic oxidation sites excluding steroid dienone is 20. The molecule has 12 heteroatoms. The molecule has 6 atom stereocenters. The first-order valence-corrected chi connectivity index (χ1v) is 22.2. The fraction of sp³-hybridized carbons (Fsp3) is 0.370. The standard InChI is InChI=1S/2C9H12O2.4C9H8O2/c6*1-11-9(10)8-5-6-2-3-7(8)4-6/h2*2-3,6-8H,4-5H2,1H3;4*2-3,5H,4H2,1H3. The zero-order valence-electron chi connectivity index (χ0n) is 38.3. The number of esters is 6. The monoisotopic (exact) mass is 896 g/mol. The van der Waals surface area contributed by atoms with Crippen molar-refractivity contribution >= 4 is 35.8 Å². The van der Waals surface area contributed by atoms with Crippen molar-refractivity contribution in [1.29, 1.82) is 0 Å². The highest BCUT2D eigenvalue weighted by molar-refractivity contribution is 5.97. The van der Waals surface area contributed by atoms with Crippen LogP contribution in [0.1, 0.15) is 51.4 Å². The van der Waals surface area contributed by atoms with Gasteiger partial charge in [0.1, 0.15) is 0 Å². The predicted molar refractivity (Wildman–Crippen MR) is 245 cm³/mol. The third kappa shape index (κ3) is 10.5. The third-order valence-electron chi connectivity index (χ3n) is 13.5. The van der Waals surface area contributed by atoms with Gasteiger partial charge in [-0.2, -0.15) is 0 Å². The molecule has 12 rings (SSSR count). The lowest BCUT2D eigenvalue weighted by Gasteiger charge is -2.14. The second kappa shape index (κ2) is 21.0. The third-order valence-corrected chi connectivity index (χ3v) is 13.5. The molecule has 0 spiro atoms. The highest BCUT2D eigenvalue weighted by Gasteiger charge is 2.41. The van der Waals surface area contributed by atoms with Gasteiger partial charge in [-0.25, -0.2) is 19.2 Å². The summed E-state index contributed by atoms with van der Waals surface area (Å²) in [6.07, 6.45) is 40.3. The van der Waals surface area contributed by atoms with E-state index < -0.39 is 0 Å². The van der Waals surface area contributed by atoms with Crippen molar-refractivity contribution in [3.05, 3.63) is 164 Å². The molecule has 0 N–H and O–H groups in total. The molecule has 12 bridgehead atoms. The first kappa shape index (κ1) is 47.2. The Bertz CT molecular complexity index is 2230. The largest absolute Gasteiger partial charge is 0.469 e. The number of ether oxygens (including phenoxy) is 6. The Morgan fingerprint density at radius 3 is 0.788 bits per heavy atom. The van der Waals surface area contributed by atoms with Gasteiger partial charge in [0.15, 0.2) is 0 Å². The molecule has 0 aromatic carbocycles. The molecule has 66 heavy (non-hydrogen) atoms. The normalized spacial score (nSPS) is 26.0. The van der Waals surface area contributed by atoms with E-state index in [-0.39, 0.29) is 47.7 Å². The second-order valence-corrected chi connectivity index (χ2v) is 17.5. The topological polar surface area (TPSA) is 158 Å². The molecule has 344 valence electrons. The molecule has 2 saturated carbocycles. The van der Waals surface area contributed by atoms with Crippen LogP contribution in [0.4, 0.5) is 0 Å². The van der Waals surface area contributed by atoms with Crippen LogP contribution in [0.15, 0.2) is 164 Å². The van der Waals surface area contributed by atoms with Crippen molar-refractivity contribution in [2.45, 2.75) is 51.4 Å². The van der Waals surface area contributed by atoms with Crippen LogP contribution in [0.5, 0.6) is 0 Å². The molecule has 0 aromatic heterocycles. The van der Waals surface area contributed by atoms with Crippen LogP contribution in [0, 0.1) is 35.5 Å². The molecule has 0 heterocycles. The first-order chi connectivity index (χ1) is 31.9. The number of carbonyl (C=O) groups is 6. The molecule has 2 fully saturated rings. The fourth-order valence-corrected chi connectivity index (χ4v) is 10.0. The summed E-state index contributed by atoms with van der Waals surface area (Å²) >= 11 is 0. The van der Waals surface area contributed by atoms with E-state index in [9.17, 15) is 28.8 Å². The maximum Gasteiger partial charge on any atom is 0.338 e. The Labute approximate surface area is 385 Å². The van der Waals surface area contributed by atoms with Crippen LogP contribution in [0.2, 0.25) is 0 Å². The number of hydrogen-bond donors (Lipinski definition) is 0. The smallest absolute Gasteiger partial charge is 0.338 e. The van der Waals surface area contributed by atoms with E-state index in [1.165, 1.54) is 77.8 Å². The number of hydrogen-bond acceptors (Lipinski definition) is 12. The van der Waals surface area contributed by atoms with Crippen LogP contribution < -0.4 is 0 Å². The van der Waals surface area contributed by atoms with Crippen molar-refractivity contribution in [3.8, 4) is 0 Å². The van der Waals surface area contributed by atoms with Gasteiger partial charge in [-0.3, -0.25) is 9.59 Å². The molecule has 12 nitrogen and oxygen atoms in total. The van der Waals surface area contributed by atoms with E-state index >= 15 is 0 Å². The number of fused-ring (bicyclic) bond motifs is 12. The average molecular weight is 897 g/mol. The molecule has 0 aliphatic heterocycles. The summed E-state index contributed by atoms with van der Waals surface area (Å²) in [5, 5.41) is 0. The average Bonchev–Trinajstić information content (AvgIpc) is 4.21. The Hall–Kier alpha value is -6.82. The van der Waals surface area contributed by atoms with Gasteiger partial charge in [0.05, 0.1) is 76.8 Å². The van der Waals surface area contributed by atoms with Gasteiger partial charge in [0, 0.05) is 0 Å². The lowest BCUT2D eigenvalue weighted by Crippen LogP contribution is -2.19. The van der Waals surface area contributed by atoms with Gasteiger partial charge >= 0.3 is 35.8 Å². The maximum absolute atomic E-state index is 11.1. The summed E-state index contributed by atoms with van der Waals surface area (Å²) in [5.74, 6) is 1.65. The predicted octanol–water partition coefficient (Wildman–Crippen LogP) is 8.17. The Morgan fingerprint density at radius 2 is 0.636 bits per heavy atom. The summed E-state index contributed by atoms with van der Waals surface area (Å²) in [5.41, 5.74) is 12.1. The minimum absolute atomic E-state index is 0.0261. The molecule has 0 radical (unpaired) electrons. The summed E-state index contributed by atoms with van der Waals surface area (Å²) < 4.78 is 27.9. The van der Waals surface area contributed by atoms with Crippen LogP contribution in [-0.4, -0.2) is 78.5 Å². The van der Waals surface area contributed by atoms with Crippen molar-refractivity contribution in [1.82, 2.24) is 0 Å². The molecule has 0 saturated heterocycles. The highest BCUT2D eigenvalue weighted by atomic mass is 16.5. The SMILES string of the molecule is COC(=O)C1=C2C=CC(=C1)C2.COC(=O)C1=C2C=CC(=C1)C2.COC(=O)C1=C2C=CC(=C1)C2.COC(=O)C1=C2C=CC(=C1)C2.COC(=O)C1CC2C=CC1C2.COC(=O)C1CC2C=CC1C2. The fourth-order valence-electron chi connectivity index (χ4n) is 10.0. The quantitative estimate of drug-likeness (QED) is 0.143. The Kier molecular flexibility index (Phi) is 15.0. The van der Waals surface area contributed by atoms with Gasteiger partial charge in [0.2, 0.25) is 0 Å². The Balaban J connectivity index is 0.000000118. The van der Waals surface area contributed by atoms with Crippen molar-refractivity contribution < 1.29 is 57.2 Å². The van der Waals surface area contributed by atoms with E-state index in [2.05, 4.69) is 43.3 Å². The molecular formula is C54H56O12. The van der Waals surface area contributed by atoms with Gasteiger partial charge in [0.25, 0.3) is 0 Å². The number of carbonyl (C=O) groups excluding carboxylic acids is 6. The van der Waals surface area contributed by atoms with Crippen LogP contribution in [0.3, 0.4) is 0 Å². The van der Waals surface area contributed by atoms with Crippen LogP contribution in [0.25, 0.3) is 0 Å². The Morgan fingerprint density at radius 1 is 0.364 bits per heavy atom. The van der Waals surface area contributed by atoms with Gasteiger partial charge in [-0.05, 0) is 144 Å².